The summed E-state index contributed by atoms with van der Waals surface area (Å²) >= 11 is 6.24. The van der Waals surface area contributed by atoms with Crippen LogP contribution in [0.3, 0.4) is 0 Å². The second kappa shape index (κ2) is 9.67. The first kappa shape index (κ1) is 24.5. The van der Waals surface area contributed by atoms with Crippen LogP contribution in [-0.4, -0.2) is 56.3 Å². The molecule has 1 atom stereocenters. The van der Waals surface area contributed by atoms with E-state index in [1.54, 1.807) is 0 Å². The number of rotatable bonds is 5. The highest BCUT2D eigenvalue weighted by Crippen LogP contribution is 2.31. The summed E-state index contributed by atoms with van der Waals surface area (Å²) in [5, 5.41) is 14.5. The number of pyridine rings is 1. The summed E-state index contributed by atoms with van der Waals surface area (Å²) in [4.78, 5) is 21.2. The minimum absolute atomic E-state index is 0.113. The molecule has 3 heterocycles. The molecule has 2 aromatic carbocycles. The Kier molecular flexibility index (Phi) is 6.57. The topological polar surface area (TPSA) is 82.9 Å². The molecule has 2 aromatic heterocycles. The zero-order valence-corrected chi connectivity index (χ0v) is 22.0. The fraction of sp³-hybridized carbons (Fsp3) is 0.407. The highest BCUT2D eigenvalue weighted by Gasteiger charge is 2.35. The summed E-state index contributed by atoms with van der Waals surface area (Å²) in [6.45, 7) is 11.4. The van der Waals surface area contributed by atoms with Gasteiger partial charge in [-0.15, -0.1) is 5.10 Å². The lowest BCUT2D eigenvalue weighted by molar-refractivity contribution is 0.190. The van der Waals surface area contributed by atoms with Crippen LogP contribution in [-0.2, 0) is 12.0 Å². The predicted molar refractivity (Wildman–Crippen MR) is 144 cm³/mol. The van der Waals surface area contributed by atoms with Gasteiger partial charge in [-0.2, -0.15) is 0 Å². The van der Waals surface area contributed by atoms with E-state index in [-0.39, 0.29) is 17.1 Å². The Bertz CT molecular complexity index is 1430. The molecule has 8 nitrogen and oxygen atoms in total. The van der Waals surface area contributed by atoms with E-state index in [1.165, 1.54) is 5.56 Å². The van der Waals surface area contributed by atoms with Crippen molar-refractivity contribution in [2.75, 3.05) is 31.1 Å². The van der Waals surface area contributed by atoms with Crippen molar-refractivity contribution in [1.82, 2.24) is 30.1 Å². The van der Waals surface area contributed by atoms with Gasteiger partial charge >= 0.3 is 0 Å². The first-order valence-electron chi connectivity index (χ1n) is 12.4. The van der Waals surface area contributed by atoms with Gasteiger partial charge in [0.25, 0.3) is 5.56 Å². The number of benzene rings is 2. The third-order valence-corrected chi connectivity index (χ3v) is 7.10. The minimum atomic E-state index is -0.376. The Morgan fingerprint density at radius 1 is 1.06 bits per heavy atom. The van der Waals surface area contributed by atoms with Crippen LogP contribution in [0, 0.1) is 0 Å². The molecular formula is C27H32ClN7O. The average Bonchev–Trinajstić information content (AvgIpc) is 3.35. The molecule has 1 unspecified atom stereocenters. The largest absolute Gasteiger partial charge is 0.369 e. The Morgan fingerprint density at radius 2 is 1.83 bits per heavy atom. The molecule has 0 aliphatic carbocycles. The van der Waals surface area contributed by atoms with E-state index in [2.05, 4.69) is 76.2 Å². The maximum Gasteiger partial charge on any atom is 0.253 e. The van der Waals surface area contributed by atoms with Crippen molar-refractivity contribution in [3.05, 3.63) is 80.9 Å². The van der Waals surface area contributed by atoms with Crippen molar-refractivity contribution in [1.29, 1.82) is 0 Å². The van der Waals surface area contributed by atoms with E-state index in [0.29, 0.717) is 11.4 Å². The molecule has 9 heteroatoms. The molecule has 1 N–H and O–H groups in total. The van der Waals surface area contributed by atoms with Gasteiger partial charge in [-0.05, 0) is 85.0 Å². The zero-order valence-electron chi connectivity index (χ0n) is 21.2. The molecule has 1 aliphatic heterocycles. The lowest BCUT2D eigenvalue weighted by atomic mass is 10.00. The van der Waals surface area contributed by atoms with Crippen LogP contribution in [0.1, 0.15) is 50.7 Å². The van der Waals surface area contributed by atoms with Crippen LogP contribution in [0.25, 0.3) is 10.9 Å². The van der Waals surface area contributed by atoms with Crippen molar-refractivity contribution < 1.29 is 0 Å². The fourth-order valence-corrected chi connectivity index (χ4v) is 5.13. The van der Waals surface area contributed by atoms with E-state index in [0.717, 1.165) is 54.2 Å². The van der Waals surface area contributed by atoms with Gasteiger partial charge in [-0.1, -0.05) is 30.7 Å². The van der Waals surface area contributed by atoms with Crippen molar-refractivity contribution in [2.24, 2.45) is 0 Å². The van der Waals surface area contributed by atoms with Crippen LogP contribution in [0.15, 0.2) is 53.3 Å². The van der Waals surface area contributed by atoms with Gasteiger partial charge < -0.3 is 9.88 Å². The van der Waals surface area contributed by atoms with Gasteiger partial charge in [0.1, 0.15) is 6.04 Å². The lowest BCUT2D eigenvalue weighted by Crippen LogP contribution is -2.49. The maximum absolute atomic E-state index is 13.5. The molecule has 1 fully saturated rings. The number of piperazine rings is 1. The number of tetrazole rings is 1. The Morgan fingerprint density at radius 3 is 2.53 bits per heavy atom. The molecule has 5 rings (SSSR count). The third-order valence-electron chi connectivity index (χ3n) is 6.87. The number of halogens is 1. The van der Waals surface area contributed by atoms with E-state index in [9.17, 15) is 4.79 Å². The first-order valence-corrected chi connectivity index (χ1v) is 12.8. The van der Waals surface area contributed by atoms with Crippen LogP contribution < -0.4 is 10.5 Å². The second-order valence-electron chi connectivity index (χ2n) is 10.4. The van der Waals surface area contributed by atoms with Crippen LogP contribution in [0.5, 0.6) is 0 Å². The average molecular weight is 506 g/mol. The molecule has 0 bridgehead atoms. The molecule has 188 valence electrons. The molecule has 4 aromatic rings. The summed E-state index contributed by atoms with van der Waals surface area (Å²) in [6, 6.07) is 15.8. The number of aryl methyl sites for hydroxylation is 1. The van der Waals surface area contributed by atoms with Gasteiger partial charge in [0, 0.05) is 48.0 Å². The van der Waals surface area contributed by atoms with Crippen molar-refractivity contribution >= 4 is 28.2 Å². The number of nitrogens with zero attached hydrogens (tertiary/aromatic N) is 6. The quantitative estimate of drug-likeness (QED) is 0.433. The number of nitrogens with one attached hydrogen (secondary N) is 1. The van der Waals surface area contributed by atoms with Crippen LogP contribution in [0.2, 0.25) is 5.02 Å². The highest BCUT2D eigenvalue weighted by atomic mass is 35.5. The summed E-state index contributed by atoms with van der Waals surface area (Å²) in [7, 11) is 0. The summed E-state index contributed by atoms with van der Waals surface area (Å²) in [6.07, 6.45) is 0.932. The molecule has 0 radical (unpaired) electrons. The van der Waals surface area contributed by atoms with Crippen molar-refractivity contribution in [3.8, 4) is 0 Å². The van der Waals surface area contributed by atoms with Crippen molar-refractivity contribution in [3.63, 3.8) is 0 Å². The van der Waals surface area contributed by atoms with Crippen LogP contribution in [0.4, 0.5) is 5.69 Å². The first-order chi connectivity index (χ1) is 17.2. The summed E-state index contributed by atoms with van der Waals surface area (Å²) in [5.74, 6) is 0.676. The molecule has 0 amide bonds. The smallest absolute Gasteiger partial charge is 0.253 e. The molecule has 0 saturated carbocycles. The maximum atomic E-state index is 13.5. The van der Waals surface area contributed by atoms with Gasteiger partial charge in [0.2, 0.25) is 0 Å². The molecule has 1 saturated heterocycles. The van der Waals surface area contributed by atoms with Gasteiger partial charge in [0.05, 0.1) is 5.54 Å². The highest BCUT2D eigenvalue weighted by molar-refractivity contribution is 6.30. The number of anilines is 1. The molecular weight excluding hydrogens is 474 g/mol. The molecule has 0 spiro atoms. The number of aromatic nitrogens is 5. The number of hydrogen-bond acceptors (Lipinski definition) is 6. The van der Waals surface area contributed by atoms with Crippen LogP contribution >= 0.6 is 11.6 Å². The molecule has 36 heavy (non-hydrogen) atoms. The Labute approximate surface area is 215 Å². The SMILES string of the molecule is CCc1ccc2[nH]c(=O)c(C(c3nnnn3C(C)(C)C)N3CCN(c4cccc(Cl)c4)CC3)cc2c1. The molecule has 1 aliphatic rings. The van der Waals surface area contributed by atoms with E-state index in [1.807, 2.05) is 35.0 Å². The fourth-order valence-electron chi connectivity index (χ4n) is 4.95. The van der Waals surface area contributed by atoms with Crippen molar-refractivity contribution in [2.45, 2.75) is 45.7 Å². The summed E-state index contributed by atoms with van der Waals surface area (Å²) in [5.41, 5.74) is 3.38. The Balaban J connectivity index is 1.56. The normalized spacial score (nSPS) is 16.0. The minimum Gasteiger partial charge on any atom is -0.369 e. The monoisotopic (exact) mass is 505 g/mol. The van der Waals surface area contributed by atoms with Gasteiger partial charge in [-0.25, -0.2) is 4.68 Å². The standard InChI is InChI=1S/C27H32ClN7O/c1-5-18-9-10-23-19(15-18)16-22(26(36)29-23)24(25-30-31-32-35(25)27(2,3)4)34-13-11-33(12-14-34)21-8-6-7-20(28)17-21/h6-10,15-17,24H,5,11-14H2,1-4H3,(H,29,36). The van der Waals surface area contributed by atoms with Gasteiger partial charge in [-0.3, -0.25) is 9.69 Å². The predicted octanol–water partition coefficient (Wildman–Crippen LogP) is 4.40. The number of hydrogen-bond donors (Lipinski definition) is 1. The Hall–Kier alpha value is -3.23. The van der Waals surface area contributed by atoms with E-state index >= 15 is 0 Å². The van der Waals surface area contributed by atoms with E-state index < -0.39 is 0 Å². The second-order valence-corrected chi connectivity index (χ2v) is 10.8. The third kappa shape index (κ3) is 4.75. The summed E-state index contributed by atoms with van der Waals surface area (Å²) < 4.78 is 1.84. The number of aromatic amines is 1. The number of fused-ring (bicyclic) bond motifs is 1. The lowest BCUT2D eigenvalue weighted by Gasteiger charge is -2.40. The van der Waals surface area contributed by atoms with Gasteiger partial charge in [0.15, 0.2) is 5.82 Å². The number of H-pyrrole nitrogens is 1. The zero-order chi connectivity index (χ0) is 25.4. The van der Waals surface area contributed by atoms with E-state index in [4.69, 9.17) is 11.6 Å².